The van der Waals surface area contributed by atoms with E-state index in [1.807, 2.05) is 48.0 Å². The van der Waals surface area contributed by atoms with Gasteiger partial charge in [-0.05, 0) is 36.2 Å². The molecule has 0 atom stereocenters. The molecule has 0 unspecified atom stereocenters. The summed E-state index contributed by atoms with van der Waals surface area (Å²) in [5.41, 5.74) is 3.77. The van der Waals surface area contributed by atoms with Crippen molar-refractivity contribution in [3.05, 3.63) is 70.1 Å². The maximum Gasteiger partial charge on any atom is 0.291 e. The minimum Gasteiger partial charge on any atom is -0.497 e. The summed E-state index contributed by atoms with van der Waals surface area (Å²) >= 11 is 0. The van der Waals surface area contributed by atoms with E-state index in [1.54, 1.807) is 13.3 Å². The molecule has 0 radical (unpaired) electrons. The van der Waals surface area contributed by atoms with Crippen molar-refractivity contribution >= 4 is 21.8 Å². The van der Waals surface area contributed by atoms with Gasteiger partial charge in [-0.3, -0.25) is 4.79 Å². The molecule has 4 aromatic rings. The standard InChI is InChI=1S/C20H19N3O2/c1-13-6-4-9-17-18(13)16-11-21-23(20(24)19(16)22(17)2)12-14-7-5-8-15(10-14)25-3/h4-11H,12H2,1-3H3. The van der Waals surface area contributed by atoms with Gasteiger partial charge in [-0.25, -0.2) is 4.68 Å². The van der Waals surface area contributed by atoms with E-state index in [9.17, 15) is 4.79 Å². The molecule has 4 rings (SSSR count). The quantitative estimate of drug-likeness (QED) is 0.578. The van der Waals surface area contributed by atoms with Crippen LogP contribution in [0.25, 0.3) is 21.8 Å². The lowest BCUT2D eigenvalue weighted by molar-refractivity contribution is 0.414. The molecular weight excluding hydrogens is 314 g/mol. The number of ether oxygens (including phenoxy) is 1. The number of aryl methyl sites for hydroxylation is 2. The van der Waals surface area contributed by atoms with Crippen LogP contribution in [0.1, 0.15) is 11.1 Å². The molecule has 2 aromatic carbocycles. The Balaban J connectivity index is 1.91. The summed E-state index contributed by atoms with van der Waals surface area (Å²) < 4.78 is 8.72. The monoisotopic (exact) mass is 333 g/mol. The first-order valence-corrected chi connectivity index (χ1v) is 8.17. The van der Waals surface area contributed by atoms with Crippen molar-refractivity contribution in [2.45, 2.75) is 13.5 Å². The van der Waals surface area contributed by atoms with E-state index in [0.29, 0.717) is 12.1 Å². The zero-order valence-corrected chi connectivity index (χ0v) is 14.5. The van der Waals surface area contributed by atoms with Gasteiger partial charge < -0.3 is 9.30 Å². The Labute approximate surface area is 145 Å². The number of hydrogen-bond donors (Lipinski definition) is 0. The molecule has 2 aromatic heterocycles. The highest BCUT2D eigenvalue weighted by molar-refractivity contribution is 6.08. The summed E-state index contributed by atoms with van der Waals surface area (Å²) in [6.45, 7) is 2.47. The van der Waals surface area contributed by atoms with Crippen molar-refractivity contribution in [1.29, 1.82) is 0 Å². The molecule has 0 N–H and O–H groups in total. The zero-order chi connectivity index (χ0) is 17.6. The number of nitrogens with zero attached hydrogens (tertiary/aromatic N) is 3. The van der Waals surface area contributed by atoms with E-state index >= 15 is 0 Å². The summed E-state index contributed by atoms with van der Waals surface area (Å²) in [6, 6.07) is 13.8. The fourth-order valence-corrected chi connectivity index (χ4v) is 3.44. The fourth-order valence-electron chi connectivity index (χ4n) is 3.44. The Morgan fingerprint density at radius 3 is 2.76 bits per heavy atom. The summed E-state index contributed by atoms with van der Waals surface area (Å²) in [7, 11) is 3.56. The van der Waals surface area contributed by atoms with Gasteiger partial charge in [-0.15, -0.1) is 0 Å². The summed E-state index contributed by atoms with van der Waals surface area (Å²) in [5.74, 6) is 0.770. The number of benzene rings is 2. The predicted molar refractivity (Wildman–Crippen MR) is 99.3 cm³/mol. The number of rotatable bonds is 3. The molecule has 5 heteroatoms. The maximum atomic E-state index is 13.0. The molecule has 5 nitrogen and oxygen atoms in total. The van der Waals surface area contributed by atoms with Crippen LogP contribution < -0.4 is 10.3 Å². The lowest BCUT2D eigenvalue weighted by Crippen LogP contribution is -2.24. The van der Waals surface area contributed by atoms with Gasteiger partial charge in [0.05, 0.1) is 19.9 Å². The molecule has 0 amide bonds. The number of methoxy groups -OCH3 is 1. The van der Waals surface area contributed by atoms with Crippen LogP contribution in [-0.2, 0) is 13.6 Å². The first-order chi connectivity index (χ1) is 12.1. The number of aromatic nitrogens is 3. The van der Waals surface area contributed by atoms with Gasteiger partial charge in [0.25, 0.3) is 5.56 Å². The third kappa shape index (κ3) is 2.39. The lowest BCUT2D eigenvalue weighted by atomic mass is 10.1. The van der Waals surface area contributed by atoms with Crippen LogP contribution in [0.4, 0.5) is 0 Å². The highest BCUT2D eigenvalue weighted by Gasteiger charge is 2.15. The van der Waals surface area contributed by atoms with Crippen molar-refractivity contribution < 1.29 is 4.74 Å². The lowest BCUT2D eigenvalue weighted by Gasteiger charge is -2.07. The molecule has 0 aliphatic heterocycles. The number of fused-ring (bicyclic) bond motifs is 3. The van der Waals surface area contributed by atoms with Crippen molar-refractivity contribution in [2.75, 3.05) is 7.11 Å². The van der Waals surface area contributed by atoms with Crippen LogP contribution in [-0.4, -0.2) is 21.5 Å². The maximum absolute atomic E-state index is 13.0. The Morgan fingerprint density at radius 2 is 1.96 bits per heavy atom. The van der Waals surface area contributed by atoms with E-state index in [0.717, 1.165) is 33.2 Å². The molecule has 0 aliphatic rings. The third-order valence-corrected chi connectivity index (χ3v) is 4.70. The van der Waals surface area contributed by atoms with Crippen LogP contribution in [0.3, 0.4) is 0 Å². The SMILES string of the molecule is COc1cccc(Cn2ncc3c4c(C)cccc4n(C)c3c2=O)c1. The second-order valence-corrected chi connectivity index (χ2v) is 6.25. The molecular formula is C20H19N3O2. The number of hydrogen-bond acceptors (Lipinski definition) is 3. The Bertz CT molecular complexity index is 1150. The minimum atomic E-state index is -0.0848. The first-order valence-electron chi connectivity index (χ1n) is 8.17. The van der Waals surface area contributed by atoms with Crippen LogP contribution in [0, 0.1) is 6.92 Å². The topological polar surface area (TPSA) is 49.0 Å². The van der Waals surface area contributed by atoms with Gasteiger partial charge in [-0.2, -0.15) is 5.10 Å². The van der Waals surface area contributed by atoms with Gasteiger partial charge in [-0.1, -0.05) is 24.3 Å². The van der Waals surface area contributed by atoms with E-state index in [1.165, 1.54) is 4.68 Å². The molecule has 0 fully saturated rings. The molecule has 0 saturated carbocycles. The predicted octanol–water partition coefficient (Wildman–Crippen LogP) is 3.25. The third-order valence-electron chi connectivity index (χ3n) is 4.70. The van der Waals surface area contributed by atoms with Gasteiger partial charge in [0.1, 0.15) is 11.3 Å². The molecule has 25 heavy (non-hydrogen) atoms. The van der Waals surface area contributed by atoms with E-state index in [4.69, 9.17) is 4.74 Å². The molecule has 126 valence electrons. The molecule has 0 aliphatic carbocycles. The van der Waals surface area contributed by atoms with Crippen molar-refractivity contribution in [2.24, 2.45) is 7.05 Å². The van der Waals surface area contributed by atoms with Crippen LogP contribution in [0.5, 0.6) is 5.75 Å². The second-order valence-electron chi connectivity index (χ2n) is 6.25. The largest absolute Gasteiger partial charge is 0.497 e. The summed E-state index contributed by atoms with van der Waals surface area (Å²) in [4.78, 5) is 13.0. The highest BCUT2D eigenvalue weighted by atomic mass is 16.5. The Hall–Kier alpha value is -3.08. The minimum absolute atomic E-state index is 0.0848. The van der Waals surface area contributed by atoms with E-state index in [2.05, 4.69) is 18.1 Å². The Morgan fingerprint density at radius 1 is 1.16 bits per heavy atom. The Kier molecular flexibility index (Phi) is 3.57. The van der Waals surface area contributed by atoms with Crippen LogP contribution >= 0.6 is 0 Å². The molecule has 0 saturated heterocycles. The average molecular weight is 333 g/mol. The van der Waals surface area contributed by atoms with E-state index in [-0.39, 0.29) is 5.56 Å². The van der Waals surface area contributed by atoms with Gasteiger partial charge in [0.2, 0.25) is 0 Å². The molecule has 0 bridgehead atoms. The fraction of sp³-hybridized carbons (Fsp3) is 0.200. The van der Waals surface area contributed by atoms with Gasteiger partial charge in [0.15, 0.2) is 0 Å². The van der Waals surface area contributed by atoms with Crippen LogP contribution in [0.2, 0.25) is 0 Å². The summed E-state index contributed by atoms with van der Waals surface area (Å²) in [6.07, 6.45) is 1.80. The normalized spacial score (nSPS) is 11.3. The average Bonchev–Trinajstić information content (AvgIpc) is 2.92. The van der Waals surface area contributed by atoms with Gasteiger partial charge >= 0.3 is 0 Å². The molecule has 2 heterocycles. The summed E-state index contributed by atoms with van der Waals surface area (Å²) in [5, 5.41) is 6.41. The van der Waals surface area contributed by atoms with Crippen molar-refractivity contribution in [3.63, 3.8) is 0 Å². The van der Waals surface area contributed by atoms with Gasteiger partial charge in [0, 0.05) is 23.3 Å². The van der Waals surface area contributed by atoms with E-state index < -0.39 is 0 Å². The molecule has 0 spiro atoms. The second kappa shape index (κ2) is 5.77. The highest BCUT2D eigenvalue weighted by Crippen LogP contribution is 2.28. The van der Waals surface area contributed by atoms with Crippen molar-refractivity contribution in [3.8, 4) is 5.75 Å². The zero-order valence-electron chi connectivity index (χ0n) is 14.5. The van der Waals surface area contributed by atoms with Crippen molar-refractivity contribution in [1.82, 2.24) is 14.3 Å². The smallest absolute Gasteiger partial charge is 0.291 e. The first kappa shape index (κ1) is 15.4. The van der Waals surface area contributed by atoms with Crippen LogP contribution in [0.15, 0.2) is 53.5 Å².